The van der Waals surface area contributed by atoms with Gasteiger partial charge in [-0.3, -0.25) is 14.8 Å². The molecule has 2 fully saturated rings. The van der Waals surface area contributed by atoms with Crippen LogP contribution in [0.3, 0.4) is 0 Å². The maximum atomic E-state index is 12.2. The number of rotatable bonds is 8. The normalized spacial score (nSPS) is 13.8. The second-order valence-electron chi connectivity index (χ2n) is 18.6. The molecule has 2 saturated heterocycles. The molecule has 0 atom stereocenters. The number of aldehydes is 1. The van der Waals surface area contributed by atoms with Gasteiger partial charge in [0.05, 0.1) is 42.7 Å². The number of ether oxygens (including phenoxy) is 2. The van der Waals surface area contributed by atoms with Gasteiger partial charge in [-0.05, 0) is 101 Å². The molecule has 14 nitrogen and oxygen atoms in total. The molecule has 4 heterocycles. The molecule has 0 radical (unpaired) electrons. The van der Waals surface area contributed by atoms with Crippen LogP contribution in [0.2, 0.25) is 0 Å². The topological polar surface area (TPSA) is 172 Å². The van der Waals surface area contributed by atoms with Crippen molar-refractivity contribution in [2.24, 2.45) is 0 Å². The Morgan fingerprint density at radius 3 is 1.27 bits per heavy atom. The van der Waals surface area contributed by atoms with Crippen molar-refractivity contribution in [3.63, 3.8) is 0 Å². The molecule has 0 unspecified atom stereocenters. The average molecular weight is 971 g/mol. The van der Waals surface area contributed by atoms with Crippen LogP contribution in [0, 0.1) is 0 Å². The first kappa shape index (κ1) is 61.1. The summed E-state index contributed by atoms with van der Waals surface area (Å²) >= 11 is 0. The standard InChI is InChI=1S/C23H29N3O3.C15H21N3O3.C9H12O.C4H9O.ClH.K/c1-23(2,3)29-22(28)26-14-12-25(13-15-26)21-11-10-20(24-16-21)9-8-18-4-6-19(17-27)7-5-18;1-15(2,3)21-14(20)18-8-6-17(7-9-18)13-5-4-12(11-19)16-10-13;1-2-8-3-5-9(7-10)6-4-8;1-4(2,3)5;;/h4-11,16,27H,12-15,17H2,1-3H3;4-5,10-11H,6-9H2,1-3H3;3-6,10H,2,7H2,1H3;1-3H3;1H;/q;;;-1;;+1/p-1. The minimum Gasteiger partial charge on any atom is -1.00 e. The van der Waals surface area contributed by atoms with E-state index in [2.05, 4.69) is 32.8 Å². The van der Waals surface area contributed by atoms with E-state index < -0.39 is 16.8 Å². The summed E-state index contributed by atoms with van der Waals surface area (Å²) in [7, 11) is 0. The maximum Gasteiger partial charge on any atom is 1.00 e. The fraction of sp³-hybridized carbons (Fsp3) is 0.471. The van der Waals surface area contributed by atoms with Gasteiger partial charge in [0, 0.05) is 52.4 Å². The number of amides is 2. The van der Waals surface area contributed by atoms with Crippen molar-refractivity contribution < 1.29 is 103 Å². The van der Waals surface area contributed by atoms with Crippen LogP contribution in [0.1, 0.15) is 108 Å². The second kappa shape index (κ2) is 29.9. The Morgan fingerprint density at radius 1 is 0.597 bits per heavy atom. The van der Waals surface area contributed by atoms with E-state index >= 15 is 0 Å². The number of aryl methyl sites for hydroxylation is 1. The molecule has 4 aromatic rings. The molecule has 0 bridgehead atoms. The summed E-state index contributed by atoms with van der Waals surface area (Å²) in [5.41, 5.74) is 5.89. The quantitative estimate of drug-likeness (QED) is 0.194. The van der Waals surface area contributed by atoms with Crippen molar-refractivity contribution in [1.29, 1.82) is 0 Å². The summed E-state index contributed by atoms with van der Waals surface area (Å²) < 4.78 is 10.8. The van der Waals surface area contributed by atoms with E-state index in [9.17, 15) is 19.5 Å². The maximum absolute atomic E-state index is 12.2. The molecule has 2 aromatic heterocycles. The molecule has 0 spiro atoms. The molecule has 6 rings (SSSR count). The smallest absolute Gasteiger partial charge is 1.00 e. The Bertz CT molecular complexity index is 2030. The fourth-order valence-corrected chi connectivity index (χ4v) is 6.08. The van der Waals surface area contributed by atoms with Gasteiger partial charge < -0.3 is 56.8 Å². The summed E-state index contributed by atoms with van der Waals surface area (Å²) in [5, 5.41) is 27.9. The fourth-order valence-electron chi connectivity index (χ4n) is 6.08. The van der Waals surface area contributed by atoms with Gasteiger partial charge in [-0.2, -0.15) is 0 Å². The van der Waals surface area contributed by atoms with Gasteiger partial charge >= 0.3 is 63.6 Å². The van der Waals surface area contributed by atoms with Gasteiger partial charge in [-0.25, -0.2) is 9.59 Å². The molecular weight excluding hydrogens is 899 g/mol. The summed E-state index contributed by atoms with van der Waals surface area (Å²) in [6, 6.07) is 23.4. The number of benzene rings is 2. The third-order valence-electron chi connectivity index (χ3n) is 9.48. The minimum atomic E-state index is -0.750. The number of aromatic nitrogens is 2. The van der Waals surface area contributed by atoms with Crippen molar-refractivity contribution in [3.05, 3.63) is 119 Å². The molecule has 67 heavy (non-hydrogen) atoms. The predicted octanol–water partition coefficient (Wildman–Crippen LogP) is 1.65. The zero-order valence-electron chi connectivity index (χ0n) is 41.5. The molecule has 0 aliphatic carbocycles. The second-order valence-corrected chi connectivity index (χ2v) is 18.6. The van der Waals surface area contributed by atoms with E-state index in [-0.39, 0.29) is 89.2 Å². The average Bonchev–Trinajstić information content (AvgIpc) is 3.27. The summed E-state index contributed by atoms with van der Waals surface area (Å²) in [4.78, 5) is 51.2. The predicted molar refractivity (Wildman–Crippen MR) is 257 cm³/mol. The number of aliphatic hydroxyl groups excluding tert-OH is 2. The molecule has 16 heteroatoms. The Kier molecular flexibility index (Phi) is 27.2. The first-order chi connectivity index (χ1) is 30.6. The van der Waals surface area contributed by atoms with Gasteiger partial charge in [0.15, 0.2) is 6.29 Å². The first-order valence-electron chi connectivity index (χ1n) is 22.2. The van der Waals surface area contributed by atoms with E-state index in [4.69, 9.17) is 19.7 Å². The van der Waals surface area contributed by atoms with Crippen molar-refractivity contribution >= 4 is 42.0 Å². The first-order valence-corrected chi connectivity index (χ1v) is 22.2. The number of carbonyl (C=O) groups excluding carboxylic acids is 3. The molecule has 2 amide bonds. The largest absolute Gasteiger partial charge is 1.00 e. The molecule has 2 aliphatic rings. The number of hydrogen-bond donors (Lipinski definition) is 2. The van der Waals surface area contributed by atoms with Crippen molar-refractivity contribution in [1.82, 2.24) is 19.8 Å². The van der Waals surface area contributed by atoms with Crippen LogP contribution in [-0.4, -0.2) is 118 Å². The number of anilines is 2. The Morgan fingerprint density at radius 2 is 0.955 bits per heavy atom. The van der Waals surface area contributed by atoms with Gasteiger partial charge in [0.25, 0.3) is 0 Å². The summed E-state index contributed by atoms with van der Waals surface area (Å²) in [5.74, 6) is 0. The SMILES string of the molecule is CC(C)(C)OC(=O)N1CCN(c2ccc(C=Cc3ccc(CO)cc3)nc2)CC1.CC(C)(C)OC(=O)N1CCN(c2ccc(C=O)nc2)CC1.CC(C)(C)[O-].CCc1ccc(CO)cc1.[Cl-].[K+]. The number of halogens is 1. The van der Waals surface area contributed by atoms with Crippen LogP contribution in [0.15, 0.2) is 85.2 Å². The van der Waals surface area contributed by atoms with Crippen LogP contribution in [0.25, 0.3) is 12.2 Å². The van der Waals surface area contributed by atoms with E-state index in [1.807, 2.05) is 121 Å². The number of piperazine rings is 2. The van der Waals surface area contributed by atoms with Gasteiger partial charge in [0.2, 0.25) is 0 Å². The summed E-state index contributed by atoms with van der Waals surface area (Å²) in [6.07, 6.45) is 8.81. The number of pyridine rings is 2. The molecule has 2 aromatic carbocycles. The van der Waals surface area contributed by atoms with Crippen molar-refractivity contribution in [3.8, 4) is 0 Å². The van der Waals surface area contributed by atoms with Gasteiger partial charge in [-0.1, -0.05) is 82.3 Å². The van der Waals surface area contributed by atoms with Gasteiger partial charge in [0.1, 0.15) is 16.9 Å². The monoisotopic (exact) mass is 969 g/mol. The zero-order valence-corrected chi connectivity index (χ0v) is 45.4. The number of aliphatic hydroxyl groups is 2. The minimum absolute atomic E-state index is 0. The Balaban J connectivity index is 0.000000514. The van der Waals surface area contributed by atoms with Crippen molar-refractivity contribution in [2.45, 2.75) is 106 Å². The van der Waals surface area contributed by atoms with Crippen LogP contribution < -0.4 is 78.7 Å². The van der Waals surface area contributed by atoms with E-state index in [0.29, 0.717) is 31.9 Å². The van der Waals surface area contributed by atoms with E-state index in [0.717, 1.165) is 72.6 Å². The molecule has 2 N–H and O–H groups in total. The zero-order chi connectivity index (χ0) is 48.2. The van der Waals surface area contributed by atoms with Crippen molar-refractivity contribution in [2.75, 3.05) is 62.2 Å². The van der Waals surface area contributed by atoms with Gasteiger partial charge in [-0.15, -0.1) is 5.60 Å². The van der Waals surface area contributed by atoms with Crippen LogP contribution in [0.5, 0.6) is 0 Å². The summed E-state index contributed by atoms with van der Waals surface area (Å²) in [6.45, 7) is 23.9. The van der Waals surface area contributed by atoms with Crippen LogP contribution in [-0.2, 0) is 29.1 Å². The molecule has 2 aliphatic heterocycles. The number of nitrogens with zero attached hydrogens (tertiary/aromatic N) is 6. The third kappa shape index (κ3) is 24.8. The number of carbonyl (C=O) groups is 3. The Hall–Kier alpha value is -3.90. The molecule has 362 valence electrons. The van der Waals surface area contributed by atoms with Crippen LogP contribution in [0.4, 0.5) is 21.0 Å². The van der Waals surface area contributed by atoms with Crippen LogP contribution >= 0.6 is 0 Å². The third-order valence-corrected chi connectivity index (χ3v) is 9.48. The number of hydrogen-bond acceptors (Lipinski definition) is 12. The van der Waals surface area contributed by atoms with E-state index in [1.165, 1.54) is 5.56 Å². The molecular formula is C51H71ClKN6O8-. The Labute approximate surface area is 447 Å². The molecule has 0 saturated carbocycles. The van der Waals surface area contributed by atoms with E-state index in [1.54, 1.807) is 42.8 Å².